The van der Waals surface area contributed by atoms with Crippen LogP contribution in [-0.4, -0.2) is 20.0 Å². The van der Waals surface area contributed by atoms with Crippen molar-refractivity contribution in [2.24, 2.45) is 11.1 Å². The number of ketones is 1. The second kappa shape index (κ2) is 8.49. The van der Waals surface area contributed by atoms with Crippen molar-refractivity contribution in [3.05, 3.63) is 76.3 Å². The van der Waals surface area contributed by atoms with Gasteiger partial charge in [0.2, 0.25) is 0 Å². The molecule has 0 bridgehead atoms. The summed E-state index contributed by atoms with van der Waals surface area (Å²) in [4.78, 5) is 14.7. The molecular formula is C26H25F2N3O3. The van der Waals surface area contributed by atoms with Crippen LogP contribution in [0.3, 0.4) is 0 Å². The van der Waals surface area contributed by atoms with E-state index in [0.717, 1.165) is 12.1 Å². The van der Waals surface area contributed by atoms with Gasteiger partial charge in [0.15, 0.2) is 17.3 Å². The Balaban J connectivity index is 2.04. The van der Waals surface area contributed by atoms with Gasteiger partial charge in [-0.25, -0.2) is 8.78 Å². The number of carbonyl (C=O) groups is 1. The van der Waals surface area contributed by atoms with Gasteiger partial charge in [0.25, 0.3) is 0 Å². The number of hydrogen-bond donors (Lipinski definition) is 1. The third-order valence-corrected chi connectivity index (χ3v) is 6.28. The molecule has 1 aliphatic carbocycles. The highest BCUT2D eigenvalue weighted by atomic mass is 19.1. The summed E-state index contributed by atoms with van der Waals surface area (Å²) in [6, 6.07) is 10.7. The molecule has 8 heteroatoms. The second-order valence-corrected chi connectivity index (χ2v) is 9.17. The van der Waals surface area contributed by atoms with Crippen molar-refractivity contribution < 1.29 is 23.0 Å². The molecule has 2 aromatic carbocycles. The van der Waals surface area contributed by atoms with Crippen LogP contribution in [-0.2, 0) is 4.79 Å². The van der Waals surface area contributed by atoms with Crippen molar-refractivity contribution in [1.82, 2.24) is 0 Å². The molecular weight excluding hydrogens is 440 g/mol. The van der Waals surface area contributed by atoms with E-state index in [2.05, 4.69) is 6.07 Å². The highest BCUT2D eigenvalue weighted by Crippen LogP contribution is 2.51. The molecule has 2 N–H and O–H groups in total. The number of ether oxygens (including phenoxy) is 2. The third kappa shape index (κ3) is 3.67. The Morgan fingerprint density at radius 2 is 1.74 bits per heavy atom. The largest absolute Gasteiger partial charge is 0.493 e. The van der Waals surface area contributed by atoms with Crippen LogP contribution in [0.1, 0.15) is 38.2 Å². The first-order chi connectivity index (χ1) is 16.1. The van der Waals surface area contributed by atoms with E-state index in [0.29, 0.717) is 34.8 Å². The zero-order chi connectivity index (χ0) is 24.8. The minimum absolute atomic E-state index is 0.0293. The second-order valence-electron chi connectivity index (χ2n) is 9.17. The smallest absolute Gasteiger partial charge is 0.162 e. The number of para-hydroxylation sites is 1. The Kier molecular flexibility index (Phi) is 5.82. The number of rotatable bonds is 4. The molecule has 1 atom stereocenters. The summed E-state index contributed by atoms with van der Waals surface area (Å²) in [6.45, 7) is 3.82. The summed E-state index contributed by atoms with van der Waals surface area (Å²) < 4.78 is 40.5. The molecule has 2 aromatic rings. The lowest BCUT2D eigenvalue weighted by Crippen LogP contribution is -2.42. The highest BCUT2D eigenvalue weighted by Gasteiger charge is 2.45. The van der Waals surface area contributed by atoms with E-state index >= 15 is 0 Å². The van der Waals surface area contributed by atoms with Crippen molar-refractivity contribution in [2.75, 3.05) is 19.1 Å². The number of anilines is 1. The minimum Gasteiger partial charge on any atom is -0.493 e. The first-order valence-corrected chi connectivity index (χ1v) is 10.8. The van der Waals surface area contributed by atoms with Gasteiger partial charge >= 0.3 is 0 Å². The van der Waals surface area contributed by atoms with Gasteiger partial charge in [-0.2, -0.15) is 5.26 Å². The van der Waals surface area contributed by atoms with Crippen molar-refractivity contribution >= 4 is 11.5 Å². The van der Waals surface area contributed by atoms with E-state index in [4.69, 9.17) is 15.2 Å². The third-order valence-electron chi connectivity index (χ3n) is 6.28. The lowest BCUT2D eigenvalue weighted by Gasteiger charge is -2.43. The lowest BCUT2D eigenvalue weighted by molar-refractivity contribution is -0.118. The van der Waals surface area contributed by atoms with Crippen molar-refractivity contribution in [3.63, 3.8) is 0 Å². The van der Waals surface area contributed by atoms with E-state index in [-0.39, 0.29) is 23.6 Å². The maximum Gasteiger partial charge on any atom is 0.162 e. The Labute approximate surface area is 196 Å². The number of carbonyl (C=O) groups excluding carboxylic acids is 1. The van der Waals surface area contributed by atoms with Gasteiger partial charge in [0.1, 0.15) is 23.1 Å². The average Bonchev–Trinajstić information content (AvgIpc) is 2.78. The summed E-state index contributed by atoms with van der Waals surface area (Å²) in [5, 5.41) is 10.1. The quantitative estimate of drug-likeness (QED) is 0.689. The van der Waals surface area contributed by atoms with E-state index < -0.39 is 28.7 Å². The zero-order valence-corrected chi connectivity index (χ0v) is 19.4. The number of benzene rings is 2. The van der Waals surface area contributed by atoms with Gasteiger partial charge < -0.3 is 15.2 Å². The lowest BCUT2D eigenvalue weighted by atomic mass is 9.68. The number of allylic oxidation sites excluding steroid dienone is 3. The van der Waals surface area contributed by atoms with Crippen molar-refractivity contribution in [2.45, 2.75) is 32.6 Å². The fraction of sp³-hybridized carbons (Fsp3) is 0.308. The Bertz CT molecular complexity index is 1270. The fourth-order valence-corrected chi connectivity index (χ4v) is 4.83. The van der Waals surface area contributed by atoms with Crippen LogP contribution in [0.5, 0.6) is 11.5 Å². The molecule has 2 aliphatic rings. The minimum atomic E-state index is -0.840. The van der Waals surface area contributed by atoms with Gasteiger partial charge in [-0.3, -0.25) is 9.69 Å². The van der Waals surface area contributed by atoms with Crippen LogP contribution >= 0.6 is 0 Å². The Morgan fingerprint density at radius 1 is 1.09 bits per heavy atom. The molecule has 1 aliphatic heterocycles. The van der Waals surface area contributed by atoms with Crippen molar-refractivity contribution in [3.8, 4) is 17.6 Å². The zero-order valence-electron chi connectivity index (χ0n) is 19.4. The van der Waals surface area contributed by atoms with Crippen LogP contribution in [0, 0.1) is 28.4 Å². The maximum atomic E-state index is 14.9. The van der Waals surface area contributed by atoms with E-state index in [1.54, 1.807) is 18.2 Å². The molecule has 0 saturated carbocycles. The van der Waals surface area contributed by atoms with Crippen LogP contribution < -0.4 is 20.1 Å². The topological polar surface area (TPSA) is 88.6 Å². The van der Waals surface area contributed by atoms with Gasteiger partial charge in [0.05, 0.1) is 31.8 Å². The van der Waals surface area contributed by atoms with Gasteiger partial charge in [-0.15, -0.1) is 0 Å². The molecule has 0 radical (unpaired) electrons. The number of Topliss-reactive ketones (excluding diaryl/α,β-unsaturated/α-hetero) is 1. The molecule has 0 saturated heterocycles. The standard InChI is InChI=1S/C26H25F2N3O3/c1-26(2)11-18-23(19(32)12-26)22(14-8-9-20(33-3)21(10-14)34-4)15(13-29)25(30)31(18)24-16(27)6-5-7-17(24)28/h5-10,22H,11-12,30H2,1-4H3. The molecule has 1 heterocycles. The summed E-state index contributed by atoms with van der Waals surface area (Å²) in [5.74, 6) is -1.90. The normalized spacial score (nSPS) is 19.6. The number of nitriles is 1. The Hall–Kier alpha value is -3.86. The molecule has 176 valence electrons. The molecule has 0 amide bonds. The highest BCUT2D eigenvalue weighted by molar-refractivity contribution is 6.01. The van der Waals surface area contributed by atoms with Crippen LogP contribution in [0.4, 0.5) is 14.5 Å². The molecule has 0 fully saturated rings. The van der Waals surface area contributed by atoms with E-state index in [9.17, 15) is 18.8 Å². The van der Waals surface area contributed by atoms with Gasteiger partial charge in [-0.1, -0.05) is 26.0 Å². The van der Waals surface area contributed by atoms with E-state index in [1.807, 2.05) is 13.8 Å². The van der Waals surface area contributed by atoms with Crippen molar-refractivity contribution in [1.29, 1.82) is 5.26 Å². The van der Waals surface area contributed by atoms with Gasteiger partial charge in [-0.05, 0) is 41.7 Å². The number of nitrogens with zero attached hydrogens (tertiary/aromatic N) is 2. The van der Waals surface area contributed by atoms with Crippen LogP contribution in [0.2, 0.25) is 0 Å². The molecule has 0 aromatic heterocycles. The maximum absolute atomic E-state index is 14.9. The molecule has 6 nitrogen and oxygen atoms in total. The summed E-state index contributed by atoms with van der Waals surface area (Å²) >= 11 is 0. The SMILES string of the molecule is COc1ccc(C2C(C#N)=C(N)N(c3c(F)cccc3F)C3=C2C(=O)CC(C)(C)C3)cc1OC. The number of methoxy groups -OCH3 is 2. The molecule has 0 spiro atoms. The average molecular weight is 466 g/mol. The summed E-state index contributed by atoms with van der Waals surface area (Å²) in [5.41, 5.74) is 6.89. The van der Waals surface area contributed by atoms with Crippen LogP contribution in [0.25, 0.3) is 0 Å². The predicted octanol–water partition coefficient (Wildman–Crippen LogP) is 4.92. The number of nitrogens with two attached hydrogens (primary N) is 1. The van der Waals surface area contributed by atoms with E-state index in [1.165, 1.54) is 25.2 Å². The molecule has 34 heavy (non-hydrogen) atoms. The van der Waals surface area contributed by atoms with Crippen LogP contribution in [0.15, 0.2) is 59.1 Å². The van der Waals surface area contributed by atoms with Gasteiger partial charge in [0, 0.05) is 17.7 Å². The molecule has 4 rings (SSSR count). The first kappa shape index (κ1) is 23.3. The number of halogens is 2. The first-order valence-electron chi connectivity index (χ1n) is 10.8. The summed E-state index contributed by atoms with van der Waals surface area (Å²) in [6.07, 6.45) is 0.562. The fourth-order valence-electron chi connectivity index (χ4n) is 4.83. The number of hydrogen-bond acceptors (Lipinski definition) is 6. The monoisotopic (exact) mass is 465 g/mol. The summed E-state index contributed by atoms with van der Waals surface area (Å²) in [7, 11) is 2.99. The predicted molar refractivity (Wildman–Crippen MR) is 123 cm³/mol. The Morgan fingerprint density at radius 3 is 2.32 bits per heavy atom. The molecule has 1 unspecified atom stereocenters.